The normalized spacial score (nSPS) is 18.9. The van der Waals surface area contributed by atoms with Gasteiger partial charge >= 0.3 is 0 Å². The Bertz CT molecular complexity index is 412. The van der Waals surface area contributed by atoms with Gasteiger partial charge in [0.1, 0.15) is 17.5 Å². The van der Waals surface area contributed by atoms with Gasteiger partial charge in [-0.25, -0.2) is 9.97 Å². The fourth-order valence-corrected chi connectivity index (χ4v) is 2.27. The van der Waals surface area contributed by atoms with Gasteiger partial charge < -0.3 is 16.0 Å². The number of aromatic nitrogens is 2. The summed E-state index contributed by atoms with van der Waals surface area (Å²) < 4.78 is 0. The molecular formula is C14H23N5. The van der Waals surface area contributed by atoms with Gasteiger partial charge in [0, 0.05) is 19.2 Å². The highest BCUT2D eigenvalue weighted by Gasteiger charge is 2.12. The maximum atomic E-state index is 4.42. The molecule has 0 spiro atoms. The molecular weight excluding hydrogens is 238 g/mol. The second kappa shape index (κ2) is 7.09. The number of hydrogen-bond donors (Lipinski definition) is 3. The Labute approximate surface area is 114 Å². The van der Waals surface area contributed by atoms with E-state index < -0.39 is 0 Å². The standard InChI is InChI=1S/C14H23N5/c1-3-6-16-13-8-14(19-11(2)18-13)17-10-12-5-4-7-15-9-12/h3,8,12,15H,1,4-7,9-10H2,2H3,(H2,16,17,18,19). The highest BCUT2D eigenvalue weighted by Crippen LogP contribution is 2.14. The van der Waals surface area contributed by atoms with Crippen LogP contribution < -0.4 is 16.0 Å². The van der Waals surface area contributed by atoms with E-state index in [1.807, 2.05) is 19.1 Å². The summed E-state index contributed by atoms with van der Waals surface area (Å²) in [5.41, 5.74) is 0. The average molecular weight is 261 g/mol. The molecule has 19 heavy (non-hydrogen) atoms. The van der Waals surface area contributed by atoms with Gasteiger partial charge in [-0.2, -0.15) is 0 Å². The summed E-state index contributed by atoms with van der Waals surface area (Å²) in [6.45, 7) is 9.52. The Hall–Kier alpha value is -1.62. The molecule has 0 amide bonds. The van der Waals surface area contributed by atoms with Gasteiger partial charge in [-0.15, -0.1) is 6.58 Å². The lowest BCUT2D eigenvalue weighted by molar-refractivity contribution is 0.392. The Morgan fingerprint density at radius 3 is 2.89 bits per heavy atom. The first kappa shape index (κ1) is 13.8. The number of nitrogens with one attached hydrogen (secondary N) is 3. The van der Waals surface area contributed by atoms with Crippen LogP contribution in [0.15, 0.2) is 18.7 Å². The topological polar surface area (TPSA) is 61.9 Å². The SMILES string of the molecule is C=CCNc1cc(NCC2CCCNC2)nc(C)n1. The second-order valence-corrected chi connectivity index (χ2v) is 4.95. The molecule has 0 aromatic carbocycles. The largest absolute Gasteiger partial charge is 0.370 e. The Morgan fingerprint density at radius 2 is 2.21 bits per heavy atom. The molecule has 0 aliphatic carbocycles. The van der Waals surface area contributed by atoms with Crippen molar-refractivity contribution >= 4 is 11.6 Å². The highest BCUT2D eigenvalue weighted by molar-refractivity contribution is 5.47. The molecule has 1 unspecified atom stereocenters. The first-order valence-electron chi connectivity index (χ1n) is 6.93. The number of hydrogen-bond acceptors (Lipinski definition) is 5. The minimum Gasteiger partial charge on any atom is -0.370 e. The van der Waals surface area contributed by atoms with E-state index in [0.29, 0.717) is 12.5 Å². The summed E-state index contributed by atoms with van der Waals surface area (Å²) in [4.78, 5) is 8.76. The molecule has 1 saturated heterocycles. The molecule has 1 fully saturated rings. The van der Waals surface area contributed by atoms with E-state index in [9.17, 15) is 0 Å². The third-order valence-corrected chi connectivity index (χ3v) is 3.24. The molecule has 0 bridgehead atoms. The predicted molar refractivity (Wildman–Crippen MR) is 79.5 cm³/mol. The van der Waals surface area contributed by atoms with Gasteiger partial charge in [0.2, 0.25) is 0 Å². The summed E-state index contributed by atoms with van der Waals surface area (Å²) >= 11 is 0. The van der Waals surface area contributed by atoms with Gasteiger partial charge in [0.25, 0.3) is 0 Å². The van der Waals surface area contributed by atoms with E-state index >= 15 is 0 Å². The van der Waals surface area contributed by atoms with Crippen LogP contribution in [0.2, 0.25) is 0 Å². The molecule has 1 atom stereocenters. The van der Waals surface area contributed by atoms with E-state index in [1.165, 1.54) is 12.8 Å². The van der Waals surface area contributed by atoms with E-state index in [0.717, 1.165) is 37.1 Å². The third-order valence-electron chi connectivity index (χ3n) is 3.24. The molecule has 104 valence electrons. The lowest BCUT2D eigenvalue weighted by Gasteiger charge is -2.23. The van der Waals surface area contributed by atoms with E-state index in [4.69, 9.17) is 0 Å². The Balaban J connectivity index is 1.91. The molecule has 1 aliphatic rings. The zero-order valence-corrected chi connectivity index (χ0v) is 11.6. The highest BCUT2D eigenvalue weighted by atomic mass is 15.1. The quantitative estimate of drug-likeness (QED) is 0.682. The van der Waals surface area contributed by atoms with Crippen LogP contribution in [0, 0.1) is 12.8 Å². The molecule has 5 heteroatoms. The summed E-state index contributed by atoms with van der Waals surface area (Å²) in [7, 11) is 0. The van der Waals surface area contributed by atoms with Gasteiger partial charge in [0.15, 0.2) is 0 Å². The molecule has 1 aromatic rings. The van der Waals surface area contributed by atoms with Crippen LogP contribution in [0.25, 0.3) is 0 Å². The third kappa shape index (κ3) is 4.52. The number of rotatable bonds is 6. The van der Waals surface area contributed by atoms with E-state index in [2.05, 4.69) is 32.5 Å². The first-order valence-corrected chi connectivity index (χ1v) is 6.93. The van der Waals surface area contributed by atoms with Crippen molar-refractivity contribution in [1.29, 1.82) is 0 Å². The lowest BCUT2D eigenvalue weighted by Crippen LogP contribution is -2.33. The van der Waals surface area contributed by atoms with Crippen molar-refractivity contribution in [2.24, 2.45) is 5.92 Å². The van der Waals surface area contributed by atoms with Crippen molar-refractivity contribution in [3.8, 4) is 0 Å². The molecule has 3 N–H and O–H groups in total. The zero-order chi connectivity index (χ0) is 13.5. The van der Waals surface area contributed by atoms with Crippen LogP contribution >= 0.6 is 0 Å². The van der Waals surface area contributed by atoms with Crippen LogP contribution in [0.3, 0.4) is 0 Å². The summed E-state index contributed by atoms with van der Waals surface area (Å²) in [6.07, 6.45) is 4.37. The van der Waals surface area contributed by atoms with Crippen LogP contribution in [0.4, 0.5) is 11.6 Å². The van der Waals surface area contributed by atoms with Crippen molar-refractivity contribution in [2.75, 3.05) is 36.8 Å². The fraction of sp³-hybridized carbons (Fsp3) is 0.571. The van der Waals surface area contributed by atoms with Crippen molar-refractivity contribution in [1.82, 2.24) is 15.3 Å². The summed E-state index contributed by atoms with van der Waals surface area (Å²) in [5, 5.41) is 10.0. The molecule has 2 rings (SSSR count). The van der Waals surface area contributed by atoms with Gasteiger partial charge in [-0.3, -0.25) is 0 Å². The molecule has 0 saturated carbocycles. The smallest absolute Gasteiger partial charge is 0.132 e. The van der Waals surface area contributed by atoms with Crippen molar-refractivity contribution in [2.45, 2.75) is 19.8 Å². The predicted octanol–water partition coefficient (Wildman–Crippen LogP) is 1.79. The lowest BCUT2D eigenvalue weighted by atomic mass is 10.00. The van der Waals surface area contributed by atoms with Gasteiger partial charge in [0.05, 0.1) is 0 Å². The monoisotopic (exact) mass is 261 g/mol. The average Bonchev–Trinajstić information content (AvgIpc) is 2.43. The van der Waals surface area contributed by atoms with Crippen LogP contribution in [-0.2, 0) is 0 Å². The Morgan fingerprint density at radius 1 is 1.42 bits per heavy atom. The molecule has 0 radical (unpaired) electrons. The van der Waals surface area contributed by atoms with E-state index in [-0.39, 0.29) is 0 Å². The molecule has 1 aliphatic heterocycles. The van der Waals surface area contributed by atoms with Crippen LogP contribution in [-0.4, -0.2) is 36.1 Å². The first-order chi connectivity index (χ1) is 9.28. The minimum atomic E-state index is 0.689. The van der Waals surface area contributed by atoms with Crippen LogP contribution in [0.1, 0.15) is 18.7 Å². The number of nitrogens with zero attached hydrogens (tertiary/aromatic N) is 2. The number of piperidine rings is 1. The summed E-state index contributed by atoms with van der Waals surface area (Å²) in [5.74, 6) is 3.20. The molecule has 2 heterocycles. The fourth-order valence-electron chi connectivity index (χ4n) is 2.27. The second-order valence-electron chi connectivity index (χ2n) is 4.95. The zero-order valence-electron chi connectivity index (χ0n) is 11.6. The molecule has 1 aromatic heterocycles. The van der Waals surface area contributed by atoms with Crippen LogP contribution in [0.5, 0.6) is 0 Å². The summed E-state index contributed by atoms with van der Waals surface area (Å²) in [6, 6.07) is 1.95. The Kier molecular flexibility index (Phi) is 5.15. The maximum Gasteiger partial charge on any atom is 0.132 e. The van der Waals surface area contributed by atoms with E-state index in [1.54, 1.807) is 0 Å². The maximum absolute atomic E-state index is 4.42. The van der Waals surface area contributed by atoms with Crippen molar-refractivity contribution < 1.29 is 0 Å². The number of anilines is 2. The number of aryl methyl sites for hydroxylation is 1. The van der Waals surface area contributed by atoms with Gasteiger partial charge in [-0.1, -0.05) is 6.08 Å². The van der Waals surface area contributed by atoms with Gasteiger partial charge in [-0.05, 0) is 38.8 Å². The van der Waals surface area contributed by atoms with Crippen molar-refractivity contribution in [3.05, 3.63) is 24.5 Å². The minimum absolute atomic E-state index is 0.689. The molecule has 5 nitrogen and oxygen atoms in total. The van der Waals surface area contributed by atoms with Crippen molar-refractivity contribution in [3.63, 3.8) is 0 Å².